The molecule has 0 aromatic heterocycles. The van der Waals surface area contributed by atoms with Gasteiger partial charge in [-0.15, -0.1) is 0 Å². The van der Waals surface area contributed by atoms with Crippen molar-refractivity contribution < 1.29 is 9.53 Å². The molecule has 0 bridgehead atoms. The fourth-order valence-electron chi connectivity index (χ4n) is 1.82. The van der Waals surface area contributed by atoms with Crippen molar-refractivity contribution in [3.63, 3.8) is 0 Å². The molecule has 5 heteroatoms. The van der Waals surface area contributed by atoms with E-state index in [1.807, 2.05) is 60.7 Å². The zero-order valence-corrected chi connectivity index (χ0v) is 15.3. The number of hydrogen-bond donors (Lipinski definition) is 0. The van der Waals surface area contributed by atoms with E-state index in [1.54, 1.807) is 19.1 Å². The minimum absolute atomic E-state index is 0.134. The summed E-state index contributed by atoms with van der Waals surface area (Å²) in [7, 11) is 0. The summed E-state index contributed by atoms with van der Waals surface area (Å²) in [6, 6.07) is 19.7. The molecule has 0 aliphatic heterocycles. The van der Waals surface area contributed by atoms with Crippen LogP contribution in [0.25, 0.3) is 6.08 Å². The maximum atomic E-state index is 12.0. The zero-order chi connectivity index (χ0) is 17.9. The fourth-order valence-corrected chi connectivity index (χ4v) is 2.09. The van der Waals surface area contributed by atoms with Gasteiger partial charge >= 0.3 is 5.97 Å². The van der Waals surface area contributed by atoms with Gasteiger partial charge in [0.15, 0.2) is 5.70 Å². The van der Waals surface area contributed by atoms with Crippen molar-refractivity contribution >= 4 is 39.7 Å². The Balaban J connectivity index is 2.18. The van der Waals surface area contributed by atoms with Gasteiger partial charge in [0.25, 0.3) is 0 Å². The molecular weight excluding hydrogens is 380 g/mol. The average Bonchev–Trinajstić information content (AvgIpc) is 2.63. The van der Waals surface area contributed by atoms with Crippen molar-refractivity contribution in [2.45, 2.75) is 6.92 Å². The number of carbonyl (C=O) groups is 1. The third-order valence-electron chi connectivity index (χ3n) is 3.00. The molecule has 0 aliphatic rings. The Kier molecular flexibility index (Phi) is 7.57. The van der Waals surface area contributed by atoms with Gasteiger partial charge in [0, 0.05) is 4.47 Å². The molecule has 0 amide bonds. The van der Waals surface area contributed by atoms with Gasteiger partial charge in [-0.05, 0) is 42.8 Å². The number of benzene rings is 2. The van der Waals surface area contributed by atoms with E-state index in [-0.39, 0.29) is 12.3 Å². The number of halogens is 1. The van der Waals surface area contributed by atoms with E-state index >= 15 is 0 Å². The molecule has 4 nitrogen and oxygen atoms in total. The Bertz CT molecular complexity index is 819. The van der Waals surface area contributed by atoms with E-state index in [2.05, 4.69) is 31.9 Å². The highest BCUT2D eigenvalue weighted by molar-refractivity contribution is 9.10. The molecule has 0 unspecified atom stereocenters. The van der Waals surface area contributed by atoms with Crippen LogP contribution in [-0.2, 0) is 9.53 Å². The summed E-state index contributed by atoms with van der Waals surface area (Å²) in [6.45, 7) is 2.02. The quantitative estimate of drug-likeness (QED) is 0.283. The van der Waals surface area contributed by atoms with Gasteiger partial charge in [-0.1, -0.05) is 58.4 Å². The molecule has 0 N–H and O–H groups in total. The Morgan fingerprint density at radius 3 is 2.56 bits per heavy atom. The number of rotatable bonds is 6. The van der Waals surface area contributed by atoms with Gasteiger partial charge in [0.1, 0.15) is 6.01 Å². The van der Waals surface area contributed by atoms with Crippen molar-refractivity contribution in [1.29, 1.82) is 0 Å². The third-order valence-corrected chi connectivity index (χ3v) is 3.53. The van der Waals surface area contributed by atoms with Crippen molar-refractivity contribution in [2.75, 3.05) is 6.61 Å². The topological polar surface area (TPSA) is 51.0 Å². The van der Waals surface area contributed by atoms with Crippen LogP contribution in [0.1, 0.15) is 12.5 Å². The highest BCUT2D eigenvalue weighted by Crippen LogP contribution is 2.16. The van der Waals surface area contributed by atoms with Crippen LogP contribution >= 0.6 is 15.9 Å². The SMILES string of the molecule is CCOC(=O)/C(=C/C=C/c1ccccc1)N=C=Nc1ccc(Br)cc1. The standard InChI is InChI=1S/C20H17BrN2O2/c1-2-25-20(24)19(10-6-9-16-7-4-3-5-8-16)23-15-22-18-13-11-17(21)12-14-18/h3-14H,2H2,1H3/b9-6+,19-10-. The third kappa shape index (κ3) is 6.71. The van der Waals surface area contributed by atoms with Crippen LogP contribution in [0, 0.1) is 0 Å². The van der Waals surface area contributed by atoms with Crippen LogP contribution in [-0.4, -0.2) is 18.6 Å². The molecule has 126 valence electrons. The molecule has 0 fully saturated rings. The molecule has 0 saturated carbocycles. The summed E-state index contributed by atoms with van der Waals surface area (Å²) in [5, 5.41) is 0. The number of ether oxygens (including phenoxy) is 1. The van der Waals surface area contributed by atoms with Crippen LogP contribution in [0.3, 0.4) is 0 Å². The molecule has 0 aliphatic carbocycles. The van der Waals surface area contributed by atoms with Crippen molar-refractivity contribution in [3.05, 3.63) is 82.5 Å². The Morgan fingerprint density at radius 2 is 1.88 bits per heavy atom. The molecule has 2 aromatic carbocycles. The molecule has 2 rings (SSSR count). The lowest BCUT2D eigenvalue weighted by Crippen LogP contribution is -2.05. The second-order valence-electron chi connectivity index (χ2n) is 4.84. The van der Waals surface area contributed by atoms with Crippen LogP contribution in [0.2, 0.25) is 0 Å². The number of aliphatic imine (C=N–C) groups is 2. The number of carbonyl (C=O) groups excluding carboxylic acids is 1. The highest BCUT2D eigenvalue weighted by atomic mass is 79.9. The first-order chi connectivity index (χ1) is 12.2. The first kappa shape index (κ1) is 18.6. The fraction of sp³-hybridized carbons (Fsp3) is 0.100. The summed E-state index contributed by atoms with van der Waals surface area (Å²) in [5.74, 6) is -0.515. The maximum Gasteiger partial charge on any atom is 0.357 e. The molecule has 0 atom stereocenters. The normalized spacial score (nSPS) is 11.0. The first-order valence-corrected chi connectivity index (χ1v) is 8.51. The van der Waals surface area contributed by atoms with E-state index in [0.29, 0.717) is 5.69 Å². The second kappa shape index (κ2) is 10.2. The van der Waals surface area contributed by atoms with Gasteiger partial charge < -0.3 is 4.74 Å². The maximum absolute atomic E-state index is 12.0. The van der Waals surface area contributed by atoms with Crippen molar-refractivity contribution in [2.24, 2.45) is 9.98 Å². The monoisotopic (exact) mass is 396 g/mol. The van der Waals surface area contributed by atoms with Crippen molar-refractivity contribution in [1.82, 2.24) is 0 Å². The van der Waals surface area contributed by atoms with E-state index in [1.165, 1.54) is 0 Å². The number of hydrogen-bond acceptors (Lipinski definition) is 4. The first-order valence-electron chi connectivity index (χ1n) is 7.71. The van der Waals surface area contributed by atoms with E-state index in [9.17, 15) is 4.79 Å². The highest BCUT2D eigenvalue weighted by Gasteiger charge is 2.07. The smallest absolute Gasteiger partial charge is 0.357 e. The minimum atomic E-state index is -0.515. The lowest BCUT2D eigenvalue weighted by Gasteiger charge is -1.99. The van der Waals surface area contributed by atoms with Gasteiger partial charge in [-0.25, -0.2) is 4.79 Å². The number of allylic oxidation sites excluding steroid dienone is 2. The molecule has 0 heterocycles. The van der Waals surface area contributed by atoms with E-state index in [4.69, 9.17) is 4.74 Å². The summed E-state index contributed by atoms with van der Waals surface area (Å²) in [4.78, 5) is 20.1. The second-order valence-corrected chi connectivity index (χ2v) is 5.76. The predicted molar refractivity (Wildman–Crippen MR) is 104 cm³/mol. The Hall–Kier alpha value is -2.75. The van der Waals surface area contributed by atoms with Crippen molar-refractivity contribution in [3.8, 4) is 0 Å². The van der Waals surface area contributed by atoms with E-state index < -0.39 is 5.97 Å². The largest absolute Gasteiger partial charge is 0.461 e. The van der Waals surface area contributed by atoms with Gasteiger partial charge in [-0.2, -0.15) is 9.98 Å². The lowest BCUT2D eigenvalue weighted by molar-refractivity contribution is -0.138. The molecule has 2 aromatic rings. The Morgan fingerprint density at radius 1 is 1.16 bits per heavy atom. The summed E-state index contributed by atoms with van der Waals surface area (Å²) in [6.07, 6.45) is 5.20. The zero-order valence-electron chi connectivity index (χ0n) is 13.7. The van der Waals surface area contributed by atoms with Crippen LogP contribution < -0.4 is 0 Å². The summed E-state index contributed by atoms with van der Waals surface area (Å²) in [5.41, 5.74) is 1.85. The van der Waals surface area contributed by atoms with Gasteiger partial charge in [0.2, 0.25) is 0 Å². The van der Waals surface area contributed by atoms with E-state index in [0.717, 1.165) is 10.0 Å². The predicted octanol–water partition coefficient (Wildman–Crippen LogP) is 5.41. The van der Waals surface area contributed by atoms with Crippen LogP contribution in [0.4, 0.5) is 5.69 Å². The van der Waals surface area contributed by atoms with Crippen LogP contribution in [0.5, 0.6) is 0 Å². The molecule has 0 saturated heterocycles. The molecule has 0 radical (unpaired) electrons. The molecule has 25 heavy (non-hydrogen) atoms. The van der Waals surface area contributed by atoms with Crippen LogP contribution in [0.15, 0.2) is 86.9 Å². The summed E-state index contributed by atoms with van der Waals surface area (Å²) < 4.78 is 5.96. The number of nitrogens with zero attached hydrogens (tertiary/aromatic N) is 2. The average molecular weight is 397 g/mol. The number of esters is 1. The lowest BCUT2D eigenvalue weighted by atomic mass is 10.2. The summed E-state index contributed by atoms with van der Waals surface area (Å²) >= 11 is 3.36. The van der Waals surface area contributed by atoms with Gasteiger partial charge in [-0.3, -0.25) is 0 Å². The minimum Gasteiger partial charge on any atom is -0.461 e. The van der Waals surface area contributed by atoms with Gasteiger partial charge in [0.05, 0.1) is 12.3 Å². The Labute approximate surface area is 155 Å². The molecule has 0 spiro atoms. The molecular formula is C20H17BrN2O2.